The van der Waals surface area contributed by atoms with E-state index in [-0.39, 0.29) is 23.1 Å². The van der Waals surface area contributed by atoms with Crippen molar-refractivity contribution in [1.82, 2.24) is 0 Å². The topological polar surface area (TPSA) is 64.6 Å². The van der Waals surface area contributed by atoms with Crippen molar-refractivity contribution in [3.05, 3.63) is 97.1 Å². The predicted molar refractivity (Wildman–Crippen MR) is 127 cm³/mol. The van der Waals surface area contributed by atoms with E-state index in [2.05, 4.69) is 0 Å². The van der Waals surface area contributed by atoms with Gasteiger partial charge in [0.15, 0.2) is 28.2 Å². The van der Waals surface area contributed by atoms with Crippen LogP contribution in [0.2, 0.25) is 0 Å². The summed E-state index contributed by atoms with van der Waals surface area (Å²) in [4.78, 5) is 23.6. The zero-order valence-corrected chi connectivity index (χ0v) is 20.0. The van der Waals surface area contributed by atoms with E-state index in [9.17, 15) is 9.79 Å². The molecule has 0 spiro atoms. The summed E-state index contributed by atoms with van der Waals surface area (Å²) >= 11 is 0. The molecule has 0 bridgehead atoms. The van der Waals surface area contributed by atoms with E-state index >= 15 is 0 Å². The first kappa shape index (κ1) is 22.2. The molecule has 2 unspecified atom stereocenters. The van der Waals surface area contributed by atoms with Crippen molar-refractivity contribution >= 4 is 50.4 Å². The molecule has 0 aromatic heterocycles. The van der Waals surface area contributed by atoms with Gasteiger partial charge >= 0.3 is 23.1 Å². The molecular formula is C24H18MgO4P2+2. The van der Waals surface area contributed by atoms with Crippen LogP contribution in [0.15, 0.2) is 97.1 Å². The Morgan fingerprint density at radius 3 is 1.19 bits per heavy atom. The summed E-state index contributed by atoms with van der Waals surface area (Å²) in [5, 5.41) is 1.64. The van der Waals surface area contributed by atoms with Crippen molar-refractivity contribution in [2.75, 3.05) is 0 Å². The third-order valence-electron chi connectivity index (χ3n) is 5.05. The van der Waals surface area contributed by atoms with Crippen LogP contribution < -0.4 is 29.4 Å². The third kappa shape index (κ3) is 4.35. The molecular weight excluding hydrogens is 439 g/mol. The van der Waals surface area contributed by atoms with Crippen LogP contribution in [0, 0.1) is 0 Å². The van der Waals surface area contributed by atoms with Crippen LogP contribution in [0.4, 0.5) is 0 Å². The van der Waals surface area contributed by atoms with Crippen molar-refractivity contribution in [2.45, 2.75) is 0 Å². The molecule has 0 fully saturated rings. The Hall–Kier alpha value is -1.97. The van der Waals surface area contributed by atoms with Gasteiger partial charge in [-0.3, -0.25) is 0 Å². The van der Waals surface area contributed by atoms with Crippen molar-refractivity contribution in [1.29, 1.82) is 0 Å². The van der Waals surface area contributed by atoms with Crippen LogP contribution in [0.25, 0.3) is 22.3 Å². The Morgan fingerprint density at radius 2 is 0.774 bits per heavy atom. The molecule has 7 heteroatoms. The molecule has 31 heavy (non-hydrogen) atoms. The largest absolute Gasteiger partial charge is 2.00 e. The van der Waals surface area contributed by atoms with Gasteiger partial charge in [0, 0.05) is 22.3 Å². The number of fused-ring (bicyclic) bond motifs is 6. The molecule has 0 saturated carbocycles. The van der Waals surface area contributed by atoms with Gasteiger partial charge in [-0.25, -0.2) is 0 Å². The first-order chi connectivity index (χ1) is 14.7. The molecule has 0 aliphatic carbocycles. The predicted octanol–water partition coefficient (Wildman–Crippen LogP) is 3.17. The number of para-hydroxylation sites is 2. The molecule has 4 nitrogen and oxygen atoms in total. The van der Waals surface area contributed by atoms with Gasteiger partial charge in [0.25, 0.3) is 0 Å². The monoisotopic (exact) mass is 456 g/mol. The molecule has 0 saturated heterocycles. The molecule has 2 aliphatic rings. The standard InChI is InChI=1S/2C12H9O2P.Mg/c2*13-15-12-8-4-2-6-10(12)9-5-1-3-7-11(9)14-15;/h2*1-8,15H;/q;;+2. The molecule has 2 atom stereocenters. The smallest absolute Gasteiger partial charge is 0.646 e. The van der Waals surface area contributed by atoms with Crippen molar-refractivity contribution in [3.63, 3.8) is 0 Å². The quantitative estimate of drug-likeness (QED) is 0.301. The van der Waals surface area contributed by atoms with Crippen LogP contribution in [-0.4, -0.2) is 23.1 Å². The maximum absolute atomic E-state index is 11.8. The molecule has 6 rings (SSSR count). The first-order valence-corrected chi connectivity index (χ1v) is 12.2. The summed E-state index contributed by atoms with van der Waals surface area (Å²) in [6, 6.07) is 30.8. The minimum absolute atomic E-state index is 0. The van der Waals surface area contributed by atoms with Gasteiger partial charge < -0.3 is 18.8 Å². The first-order valence-electron chi connectivity index (χ1n) is 9.53. The molecule has 0 radical (unpaired) electrons. The minimum atomic E-state index is -2.11. The summed E-state index contributed by atoms with van der Waals surface area (Å²) in [5.41, 5.74) is 4.11. The van der Waals surface area contributed by atoms with Crippen LogP contribution in [-0.2, 0) is 0 Å². The molecule has 4 aromatic carbocycles. The molecule has 0 N–H and O–H groups in total. The van der Waals surface area contributed by atoms with Crippen molar-refractivity contribution in [3.8, 4) is 33.8 Å². The van der Waals surface area contributed by atoms with Gasteiger partial charge in [0.1, 0.15) is 10.6 Å². The fourth-order valence-electron chi connectivity index (χ4n) is 3.66. The normalized spacial score (nSPS) is 17.0. The maximum atomic E-state index is 11.8. The Labute approximate surface area is 199 Å². The number of rotatable bonds is 0. The van der Waals surface area contributed by atoms with Gasteiger partial charge in [-0.05, 0) is 24.3 Å². The molecule has 0 amide bonds. The Bertz CT molecular complexity index is 1120. The van der Waals surface area contributed by atoms with Gasteiger partial charge in [-0.15, -0.1) is 0 Å². The van der Waals surface area contributed by atoms with E-state index in [0.717, 1.165) is 44.4 Å². The minimum Gasteiger partial charge on any atom is -0.646 e. The second-order valence-electron chi connectivity index (χ2n) is 6.86. The van der Waals surface area contributed by atoms with Crippen LogP contribution >= 0.6 is 16.8 Å². The summed E-state index contributed by atoms with van der Waals surface area (Å²) < 4.78 is 10.8. The number of benzene rings is 4. The van der Waals surface area contributed by atoms with E-state index < -0.39 is 16.8 Å². The zero-order chi connectivity index (χ0) is 20.5. The van der Waals surface area contributed by atoms with E-state index in [1.807, 2.05) is 97.1 Å². The Kier molecular flexibility index (Phi) is 6.93. The van der Waals surface area contributed by atoms with E-state index in [1.165, 1.54) is 0 Å². The Morgan fingerprint density at radius 1 is 0.452 bits per heavy atom. The van der Waals surface area contributed by atoms with Crippen molar-refractivity contribution in [2.24, 2.45) is 0 Å². The SMILES string of the molecule is [Mg+2].[O-][PH+]1Oc2ccccc2-c2ccccc21.[O-][PH+]1Oc2ccccc2-c2ccccc21. The summed E-state index contributed by atoms with van der Waals surface area (Å²) in [7, 11) is -4.22. The van der Waals surface area contributed by atoms with Crippen LogP contribution in [0.5, 0.6) is 11.5 Å². The second kappa shape index (κ2) is 9.66. The third-order valence-corrected chi connectivity index (χ3v) is 7.62. The van der Waals surface area contributed by atoms with Gasteiger partial charge in [-0.1, -0.05) is 72.8 Å². The maximum Gasteiger partial charge on any atom is 2.00 e. The van der Waals surface area contributed by atoms with Gasteiger partial charge in [0.2, 0.25) is 0 Å². The Balaban J connectivity index is 0.000000144. The van der Waals surface area contributed by atoms with Crippen LogP contribution in [0.1, 0.15) is 0 Å². The van der Waals surface area contributed by atoms with Gasteiger partial charge in [-0.2, -0.15) is 0 Å². The van der Waals surface area contributed by atoms with E-state index in [4.69, 9.17) is 9.05 Å². The van der Waals surface area contributed by atoms with E-state index in [0.29, 0.717) is 0 Å². The van der Waals surface area contributed by atoms with Crippen molar-refractivity contribution < 1.29 is 18.8 Å². The van der Waals surface area contributed by atoms with E-state index in [1.54, 1.807) is 0 Å². The average Bonchev–Trinajstić information content (AvgIpc) is 2.80. The average molecular weight is 457 g/mol. The zero-order valence-electron chi connectivity index (χ0n) is 16.6. The molecule has 148 valence electrons. The molecule has 4 aromatic rings. The fourth-order valence-corrected chi connectivity index (χ4v) is 5.97. The number of hydrogen-bond acceptors (Lipinski definition) is 4. The summed E-state index contributed by atoms with van der Waals surface area (Å²) in [5.74, 6) is 1.44. The molecule has 2 heterocycles. The van der Waals surface area contributed by atoms with Gasteiger partial charge in [0.05, 0.1) is 0 Å². The van der Waals surface area contributed by atoms with Crippen LogP contribution in [0.3, 0.4) is 0 Å². The summed E-state index contributed by atoms with van der Waals surface area (Å²) in [6.07, 6.45) is 0. The summed E-state index contributed by atoms with van der Waals surface area (Å²) in [6.45, 7) is 0. The fraction of sp³-hybridized carbons (Fsp3) is 0. The molecule has 2 aliphatic heterocycles. The number of hydrogen-bond donors (Lipinski definition) is 0. The second-order valence-corrected chi connectivity index (χ2v) is 9.50.